The van der Waals surface area contributed by atoms with Crippen molar-refractivity contribution in [1.29, 1.82) is 0 Å². The highest BCUT2D eigenvalue weighted by molar-refractivity contribution is 5.96. The van der Waals surface area contributed by atoms with Crippen molar-refractivity contribution in [2.75, 3.05) is 13.1 Å². The number of benzene rings is 1. The highest BCUT2D eigenvalue weighted by Gasteiger charge is 2.27. The molecule has 7 heteroatoms. The summed E-state index contributed by atoms with van der Waals surface area (Å²) in [6.45, 7) is 3.28. The van der Waals surface area contributed by atoms with Crippen LogP contribution in [-0.4, -0.2) is 44.7 Å². The minimum atomic E-state index is 0. The topological polar surface area (TPSA) is 77.0 Å². The number of hydrogen-bond acceptors (Lipinski definition) is 4. The monoisotopic (exact) mass is 335 g/mol. The van der Waals surface area contributed by atoms with Crippen molar-refractivity contribution in [3.63, 3.8) is 0 Å². The number of aromatic nitrogens is 3. The Balaban J connectivity index is 0.00000192. The smallest absolute Gasteiger partial charge is 0.254 e. The summed E-state index contributed by atoms with van der Waals surface area (Å²) in [4.78, 5) is 18.7. The molecule has 124 valence electrons. The van der Waals surface area contributed by atoms with Crippen molar-refractivity contribution in [2.45, 2.75) is 32.2 Å². The fraction of sp³-hybridized carbons (Fsp3) is 0.438. The Labute approximate surface area is 142 Å². The maximum Gasteiger partial charge on any atom is 0.254 e. The Morgan fingerprint density at radius 2 is 2.22 bits per heavy atom. The highest BCUT2D eigenvalue weighted by Crippen LogP contribution is 2.22. The molecule has 1 fully saturated rings. The van der Waals surface area contributed by atoms with Crippen molar-refractivity contribution < 1.29 is 4.79 Å². The molecular formula is C16H22ClN5O. The summed E-state index contributed by atoms with van der Waals surface area (Å²) < 4.78 is 1.69. The van der Waals surface area contributed by atoms with E-state index in [0.717, 1.165) is 42.6 Å². The van der Waals surface area contributed by atoms with Gasteiger partial charge < -0.3 is 10.6 Å². The first-order chi connectivity index (χ1) is 10.7. The van der Waals surface area contributed by atoms with E-state index in [1.54, 1.807) is 11.0 Å². The number of aryl methyl sites for hydroxylation is 1. The molecule has 0 bridgehead atoms. The van der Waals surface area contributed by atoms with E-state index in [9.17, 15) is 4.79 Å². The van der Waals surface area contributed by atoms with Gasteiger partial charge in [-0.3, -0.25) is 4.79 Å². The van der Waals surface area contributed by atoms with Crippen molar-refractivity contribution in [1.82, 2.24) is 19.7 Å². The van der Waals surface area contributed by atoms with E-state index in [1.165, 1.54) is 6.33 Å². The molecule has 2 N–H and O–H groups in total. The van der Waals surface area contributed by atoms with E-state index in [4.69, 9.17) is 5.73 Å². The number of nitrogens with two attached hydrogens (primary N) is 1. The van der Waals surface area contributed by atoms with Gasteiger partial charge in [0.2, 0.25) is 0 Å². The van der Waals surface area contributed by atoms with E-state index in [2.05, 4.69) is 10.1 Å². The van der Waals surface area contributed by atoms with Crippen LogP contribution in [0.3, 0.4) is 0 Å². The van der Waals surface area contributed by atoms with Gasteiger partial charge in [-0.2, -0.15) is 5.10 Å². The van der Waals surface area contributed by atoms with Crippen LogP contribution in [-0.2, 0) is 0 Å². The molecule has 2 aromatic rings. The van der Waals surface area contributed by atoms with Crippen molar-refractivity contribution in [2.24, 2.45) is 5.73 Å². The van der Waals surface area contributed by atoms with Gasteiger partial charge in [0.15, 0.2) is 0 Å². The first kappa shape index (κ1) is 17.4. The van der Waals surface area contributed by atoms with Crippen LogP contribution >= 0.6 is 12.4 Å². The van der Waals surface area contributed by atoms with Gasteiger partial charge in [0, 0.05) is 24.7 Å². The van der Waals surface area contributed by atoms with Gasteiger partial charge in [-0.1, -0.05) is 0 Å². The predicted octanol–water partition coefficient (Wildman–Crippen LogP) is 1.95. The minimum Gasteiger partial charge on any atom is -0.334 e. The Kier molecular flexibility index (Phi) is 5.74. The van der Waals surface area contributed by atoms with E-state index in [0.29, 0.717) is 6.54 Å². The summed E-state index contributed by atoms with van der Waals surface area (Å²) in [7, 11) is 0. The second-order valence-electron chi connectivity index (χ2n) is 5.72. The summed E-state index contributed by atoms with van der Waals surface area (Å²) in [6, 6.07) is 5.90. The normalized spacial score (nSPS) is 17.7. The molecule has 0 saturated carbocycles. The zero-order valence-electron chi connectivity index (χ0n) is 13.2. The fourth-order valence-electron chi connectivity index (χ4n) is 3.04. The van der Waals surface area contributed by atoms with Crippen LogP contribution in [0.4, 0.5) is 0 Å². The number of rotatable bonds is 3. The second kappa shape index (κ2) is 7.57. The molecule has 1 aliphatic rings. The maximum atomic E-state index is 12.8. The molecule has 1 saturated heterocycles. The van der Waals surface area contributed by atoms with Crippen molar-refractivity contribution in [3.05, 3.63) is 42.0 Å². The number of halogens is 1. The molecule has 3 rings (SSSR count). The lowest BCUT2D eigenvalue weighted by Gasteiger charge is -2.35. The average molecular weight is 336 g/mol. The van der Waals surface area contributed by atoms with E-state index >= 15 is 0 Å². The lowest BCUT2D eigenvalue weighted by molar-refractivity contribution is 0.0622. The quantitative estimate of drug-likeness (QED) is 0.930. The molecule has 1 unspecified atom stereocenters. The van der Waals surface area contributed by atoms with Crippen molar-refractivity contribution >= 4 is 18.3 Å². The molecule has 0 spiro atoms. The van der Waals surface area contributed by atoms with Gasteiger partial charge >= 0.3 is 0 Å². The molecule has 6 nitrogen and oxygen atoms in total. The van der Waals surface area contributed by atoms with Crippen LogP contribution in [0.1, 0.15) is 35.2 Å². The highest BCUT2D eigenvalue weighted by atomic mass is 35.5. The van der Waals surface area contributed by atoms with Gasteiger partial charge in [-0.15, -0.1) is 12.4 Å². The lowest BCUT2D eigenvalue weighted by Crippen LogP contribution is -2.47. The van der Waals surface area contributed by atoms with Gasteiger partial charge in [0.1, 0.15) is 12.7 Å². The Hall–Kier alpha value is -1.92. The second-order valence-corrected chi connectivity index (χ2v) is 5.72. The third-order valence-electron chi connectivity index (χ3n) is 4.28. The van der Waals surface area contributed by atoms with Gasteiger partial charge in [-0.25, -0.2) is 9.67 Å². The van der Waals surface area contributed by atoms with E-state index in [1.807, 2.05) is 30.0 Å². The van der Waals surface area contributed by atoms with Crippen LogP contribution in [0, 0.1) is 6.92 Å². The predicted molar refractivity (Wildman–Crippen MR) is 91.1 cm³/mol. The Morgan fingerprint density at radius 1 is 1.39 bits per heavy atom. The zero-order chi connectivity index (χ0) is 15.5. The summed E-state index contributed by atoms with van der Waals surface area (Å²) >= 11 is 0. The first-order valence-corrected chi connectivity index (χ1v) is 7.67. The third-order valence-corrected chi connectivity index (χ3v) is 4.28. The van der Waals surface area contributed by atoms with Gasteiger partial charge in [0.25, 0.3) is 5.91 Å². The first-order valence-electron chi connectivity index (χ1n) is 7.67. The van der Waals surface area contributed by atoms with Crippen LogP contribution in [0.15, 0.2) is 30.9 Å². The summed E-state index contributed by atoms with van der Waals surface area (Å²) in [6.07, 6.45) is 6.34. The van der Waals surface area contributed by atoms with Crippen LogP contribution in [0.2, 0.25) is 0 Å². The van der Waals surface area contributed by atoms with Crippen molar-refractivity contribution in [3.8, 4) is 5.69 Å². The third kappa shape index (κ3) is 3.54. The van der Waals surface area contributed by atoms with E-state index in [-0.39, 0.29) is 24.4 Å². The molecule has 2 heterocycles. The number of amides is 1. The van der Waals surface area contributed by atoms with Gasteiger partial charge in [-0.05, 0) is 49.9 Å². The summed E-state index contributed by atoms with van der Waals surface area (Å²) in [5.41, 5.74) is 8.41. The average Bonchev–Trinajstić information content (AvgIpc) is 3.08. The largest absolute Gasteiger partial charge is 0.334 e. The molecule has 1 aromatic heterocycles. The molecule has 23 heavy (non-hydrogen) atoms. The van der Waals surface area contributed by atoms with Crippen LogP contribution in [0.25, 0.3) is 5.69 Å². The molecule has 1 atom stereocenters. The number of likely N-dealkylation sites (tertiary alicyclic amines) is 1. The fourth-order valence-corrected chi connectivity index (χ4v) is 3.04. The number of carbonyl (C=O) groups is 1. The summed E-state index contributed by atoms with van der Waals surface area (Å²) in [5.74, 6) is 0.0813. The van der Waals surface area contributed by atoms with E-state index < -0.39 is 0 Å². The minimum absolute atomic E-state index is 0. The summed E-state index contributed by atoms with van der Waals surface area (Å²) in [5, 5.41) is 4.11. The number of piperidine rings is 1. The number of nitrogens with zero attached hydrogens (tertiary/aromatic N) is 4. The van der Waals surface area contributed by atoms with Crippen LogP contribution in [0.5, 0.6) is 0 Å². The Bertz CT molecular complexity index is 658. The SMILES string of the molecule is Cc1cc(-n2cncn2)ccc1C(=O)N1CCCCC1CN.Cl. The molecule has 1 aromatic carbocycles. The molecule has 0 aliphatic carbocycles. The molecule has 1 aliphatic heterocycles. The van der Waals surface area contributed by atoms with Gasteiger partial charge in [0.05, 0.1) is 5.69 Å². The molecule has 0 radical (unpaired) electrons. The molecule has 1 amide bonds. The Morgan fingerprint density at radius 3 is 2.87 bits per heavy atom. The maximum absolute atomic E-state index is 12.8. The van der Waals surface area contributed by atoms with Crippen LogP contribution < -0.4 is 5.73 Å². The standard InChI is InChI=1S/C16H21N5O.ClH/c1-12-8-13(21-11-18-10-19-21)5-6-15(12)16(22)20-7-3-2-4-14(20)9-17;/h5-6,8,10-11,14H,2-4,7,9,17H2,1H3;1H. The lowest BCUT2D eigenvalue weighted by atomic mass is 9.99. The number of carbonyl (C=O) groups excluding carboxylic acids is 1. The molecular weight excluding hydrogens is 314 g/mol. The zero-order valence-corrected chi connectivity index (χ0v) is 14.0. The number of hydrogen-bond donors (Lipinski definition) is 1.